The highest BCUT2D eigenvalue weighted by atomic mass is 35.5. The minimum atomic E-state index is -0.926. The van der Waals surface area contributed by atoms with Crippen LogP contribution >= 0.6 is 11.6 Å². The standard InChI is InChI=1S/C30H31ClN4O4/c31-22-6-1-19(2-7-22)15-27-32-13-11-29(34-27)39-23-8-3-20(4-9-23)16-28-33-25-10-5-21(30(36)37)17-26(25)35(28)18-24-12-14-38-24/h1-2,5-7,10-11,13,17,20,23-24H,3-4,8-9,12,14-16,18H2,(H,36,37)/t20?,23?,24-/m0/s1. The second kappa shape index (κ2) is 11.3. The van der Waals surface area contributed by atoms with Crippen LogP contribution in [-0.4, -0.2) is 49.4 Å². The molecule has 9 heteroatoms. The van der Waals surface area contributed by atoms with E-state index < -0.39 is 5.97 Å². The molecule has 0 unspecified atom stereocenters. The van der Waals surface area contributed by atoms with Crippen molar-refractivity contribution >= 4 is 28.6 Å². The van der Waals surface area contributed by atoms with Gasteiger partial charge in [-0.1, -0.05) is 23.7 Å². The molecule has 8 nitrogen and oxygen atoms in total. The third kappa shape index (κ3) is 6.07. The van der Waals surface area contributed by atoms with Crippen molar-refractivity contribution in [2.75, 3.05) is 6.61 Å². The Kier molecular flexibility index (Phi) is 7.48. The number of fused-ring (bicyclic) bond motifs is 1. The summed E-state index contributed by atoms with van der Waals surface area (Å²) in [5.41, 5.74) is 3.09. The summed E-state index contributed by atoms with van der Waals surface area (Å²) in [4.78, 5) is 25.5. The van der Waals surface area contributed by atoms with Crippen LogP contribution in [0.4, 0.5) is 0 Å². The maximum atomic E-state index is 11.6. The first-order valence-corrected chi connectivity index (χ1v) is 13.9. The molecule has 1 saturated heterocycles. The molecule has 1 saturated carbocycles. The van der Waals surface area contributed by atoms with Gasteiger partial charge in [-0.25, -0.2) is 14.8 Å². The smallest absolute Gasteiger partial charge is 0.335 e. The molecule has 1 aliphatic heterocycles. The average Bonchev–Trinajstić information content (AvgIpc) is 3.25. The predicted octanol–water partition coefficient (Wildman–Crippen LogP) is 5.74. The molecule has 1 N–H and O–H groups in total. The number of rotatable bonds is 9. The summed E-state index contributed by atoms with van der Waals surface area (Å²) < 4.78 is 14.1. The first kappa shape index (κ1) is 25.8. The molecule has 6 rings (SSSR count). The number of hydrogen-bond acceptors (Lipinski definition) is 6. The summed E-state index contributed by atoms with van der Waals surface area (Å²) in [5, 5.41) is 10.2. The molecule has 2 aromatic heterocycles. The van der Waals surface area contributed by atoms with Crippen LogP contribution in [0.5, 0.6) is 5.88 Å². The number of imidazole rings is 1. The second-order valence-corrected chi connectivity index (χ2v) is 10.9. The van der Waals surface area contributed by atoms with Crippen LogP contribution in [0.25, 0.3) is 11.0 Å². The van der Waals surface area contributed by atoms with Gasteiger partial charge in [-0.2, -0.15) is 4.98 Å². The lowest BCUT2D eigenvalue weighted by Gasteiger charge is -2.30. The van der Waals surface area contributed by atoms with Crippen molar-refractivity contribution < 1.29 is 19.4 Å². The second-order valence-electron chi connectivity index (χ2n) is 10.5. The molecule has 2 fully saturated rings. The number of aromatic carboxylic acids is 1. The summed E-state index contributed by atoms with van der Waals surface area (Å²) in [7, 11) is 0. The van der Waals surface area contributed by atoms with Crippen molar-refractivity contribution in [3.63, 3.8) is 0 Å². The van der Waals surface area contributed by atoms with E-state index in [2.05, 4.69) is 14.5 Å². The molecule has 1 aliphatic carbocycles. The van der Waals surface area contributed by atoms with Gasteiger partial charge in [0.1, 0.15) is 17.8 Å². The highest BCUT2D eigenvalue weighted by Crippen LogP contribution is 2.31. The van der Waals surface area contributed by atoms with Crippen LogP contribution in [0.3, 0.4) is 0 Å². The summed E-state index contributed by atoms with van der Waals surface area (Å²) in [5.74, 6) is 1.92. The maximum Gasteiger partial charge on any atom is 0.335 e. The number of halogens is 1. The predicted molar refractivity (Wildman–Crippen MR) is 147 cm³/mol. The Bertz CT molecular complexity index is 1460. The molecule has 202 valence electrons. The third-order valence-corrected chi connectivity index (χ3v) is 8.01. The van der Waals surface area contributed by atoms with Crippen LogP contribution in [0.2, 0.25) is 5.02 Å². The Labute approximate surface area is 232 Å². The van der Waals surface area contributed by atoms with E-state index in [1.165, 1.54) is 0 Å². The highest BCUT2D eigenvalue weighted by molar-refractivity contribution is 6.30. The number of aromatic nitrogens is 4. The van der Waals surface area contributed by atoms with Crippen molar-refractivity contribution in [1.82, 2.24) is 19.5 Å². The van der Waals surface area contributed by atoms with Crippen LogP contribution in [0.15, 0.2) is 54.7 Å². The molecule has 1 atom stereocenters. The Morgan fingerprint density at radius 3 is 2.56 bits per heavy atom. The van der Waals surface area contributed by atoms with Gasteiger partial charge < -0.3 is 19.1 Å². The van der Waals surface area contributed by atoms with Gasteiger partial charge in [0.2, 0.25) is 5.88 Å². The van der Waals surface area contributed by atoms with Gasteiger partial charge in [-0.05, 0) is 73.9 Å². The van der Waals surface area contributed by atoms with Crippen LogP contribution in [0.1, 0.15) is 59.7 Å². The Hall–Kier alpha value is -3.49. The number of carboxylic acid groups (broad SMARTS) is 1. The molecule has 2 aliphatic rings. The minimum absolute atomic E-state index is 0.125. The Morgan fingerprint density at radius 2 is 1.85 bits per heavy atom. The molecule has 0 radical (unpaired) electrons. The summed E-state index contributed by atoms with van der Waals surface area (Å²) >= 11 is 5.99. The molecule has 39 heavy (non-hydrogen) atoms. The van der Waals surface area contributed by atoms with Gasteiger partial charge in [-0.15, -0.1) is 0 Å². The molecular weight excluding hydrogens is 516 g/mol. The molecule has 0 spiro atoms. The number of hydrogen-bond donors (Lipinski definition) is 1. The van der Waals surface area contributed by atoms with Crippen molar-refractivity contribution in [3.05, 3.63) is 82.5 Å². The van der Waals surface area contributed by atoms with Crippen molar-refractivity contribution in [3.8, 4) is 5.88 Å². The topological polar surface area (TPSA) is 99.4 Å². The number of carbonyl (C=O) groups is 1. The van der Waals surface area contributed by atoms with Gasteiger partial charge in [0.15, 0.2) is 0 Å². The van der Waals surface area contributed by atoms with Crippen LogP contribution in [0, 0.1) is 5.92 Å². The van der Waals surface area contributed by atoms with E-state index in [9.17, 15) is 9.90 Å². The highest BCUT2D eigenvalue weighted by Gasteiger charge is 2.27. The van der Waals surface area contributed by atoms with Gasteiger partial charge >= 0.3 is 5.97 Å². The Morgan fingerprint density at radius 1 is 1.05 bits per heavy atom. The van der Waals surface area contributed by atoms with E-state index in [0.717, 1.165) is 73.4 Å². The van der Waals surface area contributed by atoms with E-state index in [4.69, 9.17) is 26.1 Å². The van der Waals surface area contributed by atoms with E-state index in [1.807, 2.05) is 36.4 Å². The summed E-state index contributed by atoms with van der Waals surface area (Å²) in [6.07, 6.45) is 8.53. The molecule has 2 aromatic carbocycles. The SMILES string of the molecule is O=C(O)c1ccc2nc(CC3CCC(Oc4ccnc(Cc5ccc(Cl)cc5)n4)CC3)n(C[C@@H]3CCO3)c2c1. The summed E-state index contributed by atoms with van der Waals surface area (Å²) in [6, 6.07) is 14.7. The van der Waals surface area contributed by atoms with E-state index in [-0.39, 0.29) is 17.8 Å². The fourth-order valence-electron chi connectivity index (χ4n) is 5.50. The lowest BCUT2D eigenvalue weighted by Crippen LogP contribution is -2.32. The van der Waals surface area contributed by atoms with E-state index in [0.29, 0.717) is 29.8 Å². The average molecular weight is 547 g/mol. The zero-order chi connectivity index (χ0) is 26.8. The number of benzene rings is 2. The number of ether oxygens (including phenoxy) is 2. The van der Waals surface area contributed by atoms with Gasteiger partial charge in [0.25, 0.3) is 0 Å². The van der Waals surface area contributed by atoms with Gasteiger partial charge in [0, 0.05) is 36.7 Å². The molecule has 4 aromatic rings. The fourth-order valence-corrected chi connectivity index (χ4v) is 5.62. The molecule has 0 amide bonds. The zero-order valence-electron chi connectivity index (χ0n) is 21.6. The monoisotopic (exact) mass is 546 g/mol. The minimum Gasteiger partial charge on any atom is -0.478 e. The van der Waals surface area contributed by atoms with Crippen LogP contribution in [-0.2, 0) is 24.1 Å². The number of carboxylic acids is 1. The fraction of sp³-hybridized carbons (Fsp3) is 0.400. The van der Waals surface area contributed by atoms with Crippen LogP contribution < -0.4 is 4.74 Å². The maximum absolute atomic E-state index is 11.6. The number of nitrogens with zero attached hydrogens (tertiary/aromatic N) is 4. The normalized spacial score (nSPS) is 21.0. The van der Waals surface area contributed by atoms with Gasteiger partial charge in [-0.3, -0.25) is 0 Å². The lowest BCUT2D eigenvalue weighted by atomic mass is 9.85. The summed E-state index contributed by atoms with van der Waals surface area (Å²) in [6.45, 7) is 1.49. The third-order valence-electron chi connectivity index (χ3n) is 7.76. The molecule has 0 bridgehead atoms. The quantitative estimate of drug-likeness (QED) is 0.286. The zero-order valence-corrected chi connectivity index (χ0v) is 22.4. The first-order chi connectivity index (χ1) is 19.0. The molecular formula is C30H31ClN4O4. The lowest BCUT2D eigenvalue weighted by molar-refractivity contribution is -0.0590. The van der Waals surface area contributed by atoms with Crippen molar-refractivity contribution in [1.29, 1.82) is 0 Å². The Balaban J connectivity index is 1.09. The molecule has 3 heterocycles. The van der Waals surface area contributed by atoms with Gasteiger partial charge in [0.05, 0.1) is 29.2 Å². The van der Waals surface area contributed by atoms with Crippen molar-refractivity contribution in [2.24, 2.45) is 5.92 Å². The first-order valence-electron chi connectivity index (χ1n) is 13.6. The largest absolute Gasteiger partial charge is 0.478 e. The van der Waals surface area contributed by atoms with Crippen molar-refractivity contribution in [2.45, 2.75) is 63.7 Å². The van der Waals surface area contributed by atoms with E-state index >= 15 is 0 Å². The van der Waals surface area contributed by atoms with E-state index in [1.54, 1.807) is 18.3 Å².